The summed E-state index contributed by atoms with van der Waals surface area (Å²) in [5, 5.41) is 0. The zero-order chi connectivity index (χ0) is 21.1. The van der Waals surface area contributed by atoms with Crippen LogP contribution in [0.3, 0.4) is 0 Å². The molecule has 0 unspecified atom stereocenters. The van der Waals surface area contributed by atoms with E-state index >= 15 is 0 Å². The van der Waals surface area contributed by atoms with Crippen LogP contribution in [0.1, 0.15) is 11.1 Å². The molecule has 3 heteroatoms. The molecule has 0 aliphatic rings. The SMILES string of the molecule is c1ccc(OCCc2ccccc2Oc2ccccc2CCOc2ccccc2)cc1. The maximum absolute atomic E-state index is 6.34. The van der Waals surface area contributed by atoms with Crippen molar-refractivity contribution in [2.45, 2.75) is 12.8 Å². The Hall–Kier alpha value is -3.72. The summed E-state index contributed by atoms with van der Waals surface area (Å²) in [5.74, 6) is 3.47. The third-order valence-electron chi connectivity index (χ3n) is 4.93. The van der Waals surface area contributed by atoms with Gasteiger partial charge in [-0.15, -0.1) is 0 Å². The fraction of sp³-hybridized carbons (Fsp3) is 0.143. The number of rotatable bonds is 10. The van der Waals surface area contributed by atoms with Gasteiger partial charge in [-0.2, -0.15) is 0 Å². The van der Waals surface area contributed by atoms with E-state index in [0.717, 1.165) is 47.0 Å². The van der Waals surface area contributed by atoms with E-state index in [1.54, 1.807) is 0 Å². The number of para-hydroxylation sites is 4. The molecule has 0 heterocycles. The third-order valence-corrected chi connectivity index (χ3v) is 4.93. The Morgan fingerprint density at radius 2 is 0.806 bits per heavy atom. The molecule has 0 bridgehead atoms. The van der Waals surface area contributed by atoms with Crippen molar-refractivity contribution in [3.05, 3.63) is 120 Å². The Bertz CT molecular complexity index is 975. The second-order valence-corrected chi connectivity index (χ2v) is 7.14. The molecule has 0 atom stereocenters. The molecule has 0 saturated carbocycles. The lowest BCUT2D eigenvalue weighted by Crippen LogP contribution is -2.04. The Morgan fingerprint density at radius 3 is 1.26 bits per heavy atom. The summed E-state index contributed by atoms with van der Waals surface area (Å²) >= 11 is 0. The van der Waals surface area contributed by atoms with Gasteiger partial charge in [-0.25, -0.2) is 0 Å². The number of benzene rings is 4. The first-order valence-corrected chi connectivity index (χ1v) is 10.6. The average molecular weight is 411 g/mol. The van der Waals surface area contributed by atoms with Crippen molar-refractivity contribution >= 4 is 0 Å². The summed E-state index contributed by atoms with van der Waals surface area (Å²) < 4.78 is 18.1. The van der Waals surface area contributed by atoms with Crippen molar-refractivity contribution in [2.24, 2.45) is 0 Å². The van der Waals surface area contributed by atoms with E-state index in [-0.39, 0.29) is 0 Å². The van der Waals surface area contributed by atoms with Gasteiger partial charge in [0.1, 0.15) is 23.0 Å². The van der Waals surface area contributed by atoms with E-state index in [4.69, 9.17) is 14.2 Å². The van der Waals surface area contributed by atoms with Crippen LogP contribution in [-0.2, 0) is 12.8 Å². The molecule has 3 nitrogen and oxygen atoms in total. The Morgan fingerprint density at radius 1 is 0.419 bits per heavy atom. The molecule has 31 heavy (non-hydrogen) atoms. The molecule has 156 valence electrons. The normalized spacial score (nSPS) is 10.5. The zero-order valence-corrected chi connectivity index (χ0v) is 17.4. The van der Waals surface area contributed by atoms with Crippen LogP contribution in [0.4, 0.5) is 0 Å². The standard InChI is InChI=1S/C28H26O3/c1-3-13-25(14-4-1)29-21-19-23-11-7-9-17-27(23)31-28-18-10-8-12-24(28)20-22-30-26-15-5-2-6-16-26/h1-18H,19-22H2. The first-order chi connectivity index (χ1) is 15.4. The molecule has 0 spiro atoms. The third kappa shape index (κ3) is 6.13. The smallest absolute Gasteiger partial charge is 0.130 e. The van der Waals surface area contributed by atoms with Gasteiger partial charge < -0.3 is 14.2 Å². The molecule has 4 aromatic rings. The van der Waals surface area contributed by atoms with E-state index in [1.165, 1.54) is 0 Å². The van der Waals surface area contributed by atoms with Gasteiger partial charge in [-0.1, -0.05) is 72.8 Å². The summed E-state index contributed by atoms with van der Waals surface area (Å²) in [6.07, 6.45) is 1.54. The van der Waals surface area contributed by atoms with Crippen molar-refractivity contribution in [2.75, 3.05) is 13.2 Å². The van der Waals surface area contributed by atoms with Crippen LogP contribution < -0.4 is 14.2 Å². The molecule has 0 amide bonds. The highest BCUT2D eigenvalue weighted by molar-refractivity contribution is 5.41. The molecule has 0 saturated heterocycles. The first-order valence-electron chi connectivity index (χ1n) is 10.6. The van der Waals surface area contributed by atoms with Crippen LogP contribution in [0.5, 0.6) is 23.0 Å². The fourth-order valence-corrected chi connectivity index (χ4v) is 3.33. The summed E-state index contributed by atoms with van der Waals surface area (Å²) in [6, 6.07) is 36.0. The van der Waals surface area contributed by atoms with E-state index in [1.807, 2.05) is 97.1 Å². The lowest BCUT2D eigenvalue weighted by atomic mass is 10.1. The highest BCUT2D eigenvalue weighted by atomic mass is 16.5. The highest BCUT2D eigenvalue weighted by Crippen LogP contribution is 2.29. The van der Waals surface area contributed by atoms with Gasteiger partial charge in [0.2, 0.25) is 0 Å². The maximum Gasteiger partial charge on any atom is 0.130 e. The van der Waals surface area contributed by atoms with Gasteiger partial charge in [-0.3, -0.25) is 0 Å². The second kappa shape index (κ2) is 10.9. The second-order valence-electron chi connectivity index (χ2n) is 7.14. The van der Waals surface area contributed by atoms with Crippen molar-refractivity contribution in [3.8, 4) is 23.0 Å². The van der Waals surface area contributed by atoms with E-state index in [0.29, 0.717) is 13.2 Å². The summed E-state index contributed by atoms with van der Waals surface area (Å²) in [7, 11) is 0. The number of ether oxygens (including phenoxy) is 3. The molecule has 0 N–H and O–H groups in total. The van der Waals surface area contributed by atoms with E-state index in [9.17, 15) is 0 Å². The Labute approximate surface area is 183 Å². The van der Waals surface area contributed by atoms with Crippen LogP contribution >= 0.6 is 0 Å². The zero-order valence-electron chi connectivity index (χ0n) is 17.4. The molecular weight excluding hydrogens is 384 g/mol. The fourth-order valence-electron chi connectivity index (χ4n) is 3.33. The summed E-state index contributed by atoms with van der Waals surface area (Å²) in [5.41, 5.74) is 2.24. The molecule has 0 radical (unpaired) electrons. The van der Waals surface area contributed by atoms with Crippen molar-refractivity contribution in [1.82, 2.24) is 0 Å². The molecule has 0 aliphatic heterocycles. The molecule has 4 aromatic carbocycles. The topological polar surface area (TPSA) is 27.7 Å². The van der Waals surface area contributed by atoms with Crippen molar-refractivity contribution in [3.63, 3.8) is 0 Å². The average Bonchev–Trinajstić information content (AvgIpc) is 2.83. The monoisotopic (exact) mass is 410 g/mol. The molecule has 4 rings (SSSR count). The van der Waals surface area contributed by atoms with Crippen molar-refractivity contribution in [1.29, 1.82) is 0 Å². The minimum Gasteiger partial charge on any atom is -0.493 e. The van der Waals surface area contributed by atoms with Gasteiger partial charge in [-0.05, 0) is 47.5 Å². The van der Waals surface area contributed by atoms with Crippen LogP contribution in [0, 0.1) is 0 Å². The van der Waals surface area contributed by atoms with Crippen LogP contribution in [-0.4, -0.2) is 13.2 Å². The molecular formula is C28H26O3. The molecule has 0 fully saturated rings. The molecule has 0 aliphatic carbocycles. The highest BCUT2D eigenvalue weighted by Gasteiger charge is 2.09. The minimum atomic E-state index is 0.594. The predicted molar refractivity (Wildman–Crippen MR) is 124 cm³/mol. The quantitative estimate of drug-likeness (QED) is 0.290. The Balaban J connectivity index is 1.38. The number of hydrogen-bond donors (Lipinski definition) is 0. The number of hydrogen-bond acceptors (Lipinski definition) is 3. The maximum atomic E-state index is 6.34. The van der Waals surface area contributed by atoms with Gasteiger partial charge in [0.05, 0.1) is 13.2 Å². The largest absolute Gasteiger partial charge is 0.493 e. The van der Waals surface area contributed by atoms with Crippen LogP contribution in [0.15, 0.2) is 109 Å². The minimum absolute atomic E-state index is 0.594. The van der Waals surface area contributed by atoms with Crippen molar-refractivity contribution < 1.29 is 14.2 Å². The summed E-state index contributed by atoms with van der Waals surface area (Å²) in [4.78, 5) is 0. The van der Waals surface area contributed by atoms with Crippen LogP contribution in [0.25, 0.3) is 0 Å². The van der Waals surface area contributed by atoms with Crippen LogP contribution in [0.2, 0.25) is 0 Å². The first kappa shape index (κ1) is 20.5. The van der Waals surface area contributed by atoms with Gasteiger partial charge in [0, 0.05) is 12.8 Å². The summed E-state index contributed by atoms with van der Waals surface area (Å²) in [6.45, 7) is 1.19. The Kier molecular flexibility index (Phi) is 7.22. The van der Waals surface area contributed by atoms with E-state index < -0.39 is 0 Å². The predicted octanol–water partition coefficient (Wildman–Crippen LogP) is 6.72. The van der Waals surface area contributed by atoms with E-state index in [2.05, 4.69) is 12.1 Å². The lowest BCUT2D eigenvalue weighted by Gasteiger charge is -2.15. The lowest BCUT2D eigenvalue weighted by molar-refractivity contribution is 0.317. The molecule has 0 aromatic heterocycles. The van der Waals surface area contributed by atoms with Gasteiger partial charge in [0.25, 0.3) is 0 Å². The van der Waals surface area contributed by atoms with Gasteiger partial charge in [0.15, 0.2) is 0 Å². The van der Waals surface area contributed by atoms with Gasteiger partial charge >= 0.3 is 0 Å².